The maximum atomic E-state index is 12.2. The van der Waals surface area contributed by atoms with E-state index in [0.717, 1.165) is 6.08 Å². The number of phenolic OH excluding ortho intramolecular Hbond substituents is 1. The molecule has 34 heavy (non-hydrogen) atoms. The minimum Gasteiger partial charge on any atom is -0.504 e. The van der Waals surface area contributed by atoms with Crippen LogP contribution in [0.25, 0.3) is 56.3 Å². The molecule has 0 saturated carbocycles. The Kier molecular flexibility index (Phi) is 4.16. The molecule has 6 rings (SSSR count). The van der Waals surface area contributed by atoms with Crippen molar-refractivity contribution in [2.75, 3.05) is 7.11 Å². The van der Waals surface area contributed by atoms with Crippen LogP contribution >= 0.6 is 0 Å². The van der Waals surface area contributed by atoms with Crippen molar-refractivity contribution >= 4 is 45.7 Å². The largest absolute Gasteiger partial charge is 0.504 e. The fourth-order valence-electron chi connectivity index (χ4n) is 4.47. The van der Waals surface area contributed by atoms with Crippen LogP contribution in [0.4, 0.5) is 0 Å². The van der Waals surface area contributed by atoms with Crippen LogP contribution in [0.5, 0.6) is 17.4 Å². The van der Waals surface area contributed by atoms with Crippen LogP contribution < -0.4 is 15.4 Å². The number of ketones is 2. The molecule has 0 atom stereocenters. The van der Waals surface area contributed by atoms with Crippen molar-refractivity contribution < 1.29 is 33.4 Å². The normalized spacial score (nSPS) is 13.1. The van der Waals surface area contributed by atoms with Crippen LogP contribution in [0, 0.1) is 0 Å². The highest BCUT2D eigenvalue weighted by Gasteiger charge is 2.29. The number of carbonyl (C=O) groups is 2. The van der Waals surface area contributed by atoms with Crippen molar-refractivity contribution in [3.05, 3.63) is 65.2 Å². The summed E-state index contributed by atoms with van der Waals surface area (Å²) in [5.74, 6) is -1.37. The smallest absolute Gasteiger partial charge is 0.291 e. The number of carbonyl (C=O) groups excluding carboxylic acids is 2. The van der Waals surface area contributed by atoms with Crippen molar-refractivity contribution in [2.45, 2.75) is 0 Å². The molecule has 0 fully saturated rings. The molecular weight excluding hydrogens is 436 g/mol. The summed E-state index contributed by atoms with van der Waals surface area (Å²) in [5, 5.41) is 23.4. The molecule has 1 aliphatic rings. The van der Waals surface area contributed by atoms with E-state index in [1.165, 1.54) is 6.08 Å². The Labute approximate surface area is 191 Å². The molecule has 2 heterocycles. The number of furan rings is 2. The summed E-state index contributed by atoms with van der Waals surface area (Å²) in [6, 6.07) is 16.1. The van der Waals surface area contributed by atoms with E-state index in [9.17, 15) is 19.8 Å². The summed E-state index contributed by atoms with van der Waals surface area (Å²) >= 11 is 0. The predicted octanol–water partition coefficient (Wildman–Crippen LogP) is 3.65. The highest BCUT2D eigenvalue weighted by atomic mass is 16.5. The van der Waals surface area contributed by atoms with E-state index < -0.39 is 11.6 Å². The first kappa shape index (κ1) is 19.9. The number of aromatic hydroxyl groups is 2. The second-order valence-corrected chi connectivity index (χ2v) is 7.91. The quantitative estimate of drug-likeness (QED) is 0.402. The third-order valence-corrected chi connectivity index (χ3v) is 6.01. The van der Waals surface area contributed by atoms with Crippen molar-refractivity contribution in [3.63, 3.8) is 0 Å². The number of ether oxygens (including phenoxy) is 1. The van der Waals surface area contributed by atoms with Gasteiger partial charge in [0.1, 0.15) is 11.2 Å². The van der Waals surface area contributed by atoms with Crippen molar-refractivity contribution in [3.8, 4) is 39.7 Å². The minimum atomic E-state index is -0.712. The first-order valence-corrected chi connectivity index (χ1v) is 10.4. The Morgan fingerprint density at radius 3 is 2.12 bits per heavy atom. The van der Waals surface area contributed by atoms with E-state index in [1.54, 1.807) is 31.4 Å². The van der Waals surface area contributed by atoms with Gasteiger partial charge in [0.15, 0.2) is 16.9 Å². The molecule has 0 amide bonds. The van der Waals surface area contributed by atoms with Gasteiger partial charge in [0.2, 0.25) is 11.6 Å². The summed E-state index contributed by atoms with van der Waals surface area (Å²) in [7, 11) is 1.55. The van der Waals surface area contributed by atoms with E-state index in [1.807, 2.05) is 30.3 Å². The van der Waals surface area contributed by atoms with Gasteiger partial charge < -0.3 is 23.8 Å². The molecule has 0 unspecified atom stereocenters. The number of hydrogen-bond donors (Lipinski definition) is 2. The number of Topliss-reactive ketones (excluding diaryl/α,β-unsaturated/α-hetero) is 2. The molecule has 5 aromatic rings. The zero-order valence-corrected chi connectivity index (χ0v) is 17.8. The van der Waals surface area contributed by atoms with E-state index >= 15 is 0 Å². The highest BCUT2D eigenvalue weighted by molar-refractivity contribution is 6.57. The average Bonchev–Trinajstić information content (AvgIpc) is 3.37. The Morgan fingerprint density at radius 2 is 1.41 bits per heavy atom. The summed E-state index contributed by atoms with van der Waals surface area (Å²) < 4.78 is 17.0. The Morgan fingerprint density at radius 1 is 0.735 bits per heavy atom. The molecular formula is C27H16O7. The van der Waals surface area contributed by atoms with Crippen molar-refractivity contribution in [2.24, 2.45) is 0 Å². The highest BCUT2D eigenvalue weighted by Crippen LogP contribution is 2.50. The molecule has 0 spiro atoms. The van der Waals surface area contributed by atoms with Gasteiger partial charge in [-0.15, -0.1) is 0 Å². The third kappa shape index (κ3) is 2.70. The lowest BCUT2D eigenvalue weighted by atomic mass is 9.94. The standard InChI is InChI=1S/C27H16O7/c1-32-15-9-7-14(8-10-15)21-24(30)26-22(16-11-17(28)18(29)12-19(16)33-26)23-20(27(31)34-25(21)23)13-5-3-2-4-6-13/h2-12,30-31H,1H3. The number of hydrogen-bond acceptors (Lipinski definition) is 7. The first-order chi connectivity index (χ1) is 16.5. The van der Waals surface area contributed by atoms with Gasteiger partial charge in [-0.05, 0) is 23.3 Å². The molecule has 3 aromatic carbocycles. The monoisotopic (exact) mass is 452 g/mol. The predicted molar refractivity (Wildman–Crippen MR) is 125 cm³/mol. The van der Waals surface area contributed by atoms with E-state index in [4.69, 9.17) is 13.6 Å². The zero-order valence-electron chi connectivity index (χ0n) is 17.8. The van der Waals surface area contributed by atoms with Crippen LogP contribution in [-0.2, 0) is 9.59 Å². The lowest BCUT2D eigenvalue weighted by Gasteiger charge is -2.09. The van der Waals surface area contributed by atoms with E-state index in [-0.39, 0.29) is 28.3 Å². The van der Waals surface area contributed by atoms with Crippen molar-refractivity contribution in [1.29, 1.82) is 0 Å². The Bertz CT molecular complexity index is 1770. The average molecular weight is 452 g/mol. The molecule has 7 heteroatoms. The van der Waals surface area contributed by atoms with Gasteiger partial charge in [0, 0.05) is 28.1 Å². The number of benzene rings is 3. The number of phenols is 1. The molecule has 2 N–H and O–H groups in total. The lowest BCUT2D eigenvalue weighted by molar-refractivity contribution is -0.129. The van der Waals surface area contributed by atoms with Crippen molar-refractivity contribution in [1.82, 2.24) is 0 Å². The summed E-state index contributed by atoms with van der Waals surface area (Å²) in [6.07, 6.45) is 2.30. The van der Waals surface area contributed by atoms with Crippen LogP contribution in [0.15, 0.2) is 63.4 Å². The van der Waals surface area contributed by atoms with Crippen LogP contribution in [-0.4, -0.2) is 28.9 Å². The molecule has 0 radical (unpaired) electrons. The fourth-order valence-corrected chi connectivity index (χ4v) is 4.47. The fraction of sp³-hybridized carbons (Fsp3) is 0.0370. The third-order valence-electron chi connectivity index (χ3n) is 6.01. The Balaban J connectivity index is 1.85. The van der Waals surface area contributed by atoms with Gasteiger partial charge in [-0.25, -0.2) is 0 Å². The number of methoxy groups -OCH3 is 1. The Hall–Kier alpha value is -4.78. The topological polar surface area (TPSA) is 110 Å². The molecule has 2 aromatic heterocycles. The SMILES string of the molecule is COc1ccc(-c2c(O)c3oc4c(c3c3c(-c5ccccc5)c(O)oc23)=CC(=O)C(=O)C=4)cc1. The van der Waals surface area contributed by atoms with Gasteiger partial charge in [0.25, 0.3) is 5.95 Å². The second kappa shape index (κ2) is 7.11. The molecule has 1 aliphatic carbocycles. The van der Waals surface area contributed by atoms with Gasteiger partial charge in [-0.2, -0.15) is 0 Å². The van der Waals surface area contributed by atoms with E-state index in [0.29, 0.717) is 44.0 Å². The molecule has 0 bridgehead atoms. The molecule has 0 saturated heterocycles. The van der Waals surface area contributed by atoms with Crippen LogP contribution in [0.2, 0.25) is 0 Å². The molecule has 7 nitrogen and oxygen atoms in total. The summed E-state index contributed by atoms with van der Waals surface area (Å²) in [5.41, 5.74) is 2.40. The maximum Gasteiger partial charge on any atom is 0.291 e. The van der Waals surface area contributed by atoms with Gasteiger partial charge >= 0.3 is 0 Å². The maximum absolute atomic E-state index is 12.2. The van der Waals surface area contributed by atoms with E-state index in [2.05, 4.69) is 0 Å². The molecule has 166 valence electrons. The summed E-state index contributed by atoms with van der Waals surface area (Å²) in [4.78, 5) is 24.2. The molecule has 0 aliphatic heterocycles. The van der Waals surface area contributed by atoms with Crippen LogP contribution in [0.1, 0.15) is 0 Å². The second-order valence-electron chi connectivity index (χ2n) is 7.91. The lowest BCUT2D eigenvalue weighted by Crippen LogP contribution is -2.30. The number of fused-ring (bicyclic) bond motifs is 5. The first-order valence-electron chi connectivity index (χ1n) is 10.4. The zero-order chi connectivity index (χ0) is 23.6. The number of rotatable bonds is 3. The van der Waals surface area contributed by atoms with Gasteiger partial charge in [0.05, 0.1) is 18.2 Å². The summed E-state index contributed by atoms with van der Waals surface area (Å²) in [6.45, 7) is 0. The minimum absolute atomic E-state index is 0.0799. The van der Waals surface area contributed by atoms with Gasteiger partial charge in [-0.1, -0.05) is 42.5 Å². The van der Waals surface area contributed by atoms with Crippen LogP contribution in [0.3, 0.4) is 0 Å². The van der Waals surface area contributed by atoms with Gasteiger partial charge in [-0.3, -0.25) is 9.59 Å².